The smallest absolute Gasteiger partial charge is 0.266 e. The SMILES string of the molecule is Cc1ccc(NC(=O)/C(C#N)=C/c2cc(C)n(-c3ccc(Br)cc3)c2C)cc1Cl. The van der Waals surface area contributed by atoms with Crippen molar-refractivity contribution in [2.45, 2.75) is 20.8 Å². The summed E-state index contributed by atoms with van der Waals surface area (Å²) in [7, 11) is 0. The number of nitrogens with one attached hydrogen (secondary N) is 1. The van der Waals surface area contributed by atoms with Crippen LogP contribution in [0.2, 0.25) is 5.02 Å². The summed E-state index contributed by atoms with van der Waals surface area (Å²) in [6.07, 6.45) is 1.61. The van der Waals surface area contributed by atoms with Gasteiger partial charge >= 0.3 is 0 Å². The molecule has 1 N–H and O–H groups in total. The fourth-order valence-corrected chi connectivity index (χ4v) is 3.54. The Balaban J connectivity index is 1.92. The van der Waals surface area contributed by atoms with Crippen molar-refractivity contribution in [2.75, 3.05) is 5.32 Å². The number of aryl methyl sites for hydroxylation is 2. The van der Waals surface area contributed by atoms with Crippen molar-refractivity contribution in [2.24, 2.45) is 0 Å². The number of halogens is 2. The molecule has 0 unspecified atom stereocenters. The fraction of sp³-hybridized carbons (Fsp3) is 0.130. The van der Waals surface area contributed by atoms with Crippen LogP contribution in [0, 0.1) is 32.1 Å². The molecule has 146 valence electrons. The van der Waals surface area contributed by atoms with E-state index >= 15 is 0 Å². The van der Waals surface area contributed by atoms with Crippen molar-refractivity contribution in [3.63, 3.8) is 0 Å². The van der Waals surface area contributed by atoms with Gasteiger partial charge in [-0.2, -0.15) is 5.26 Å². The summed E-state index contributed by atoms with van der Waals surface area (Å²) in [6, 6.07) is 17.2. The lowest BCUT2D eigenvalue weighted by atomic mass is 10.1. The maximum Gasteiger partial charge on any atom is 0.266 e. The molecule has 29 heavy (non-hydrogen) atoms. The zero-order valence-corrected chi connectivity index (χ0v) is 18.6. The first kappa shape index (κ1) is 20.9. The summed E-state index contributed by atoms with van der Waals surface area (Å²) in [4.78, 5) is 12.6. The zero-order valence-electron chi connectivity index (χ0n) is 16.3. The number of carbonyl (C=O) groups is 1. The van der Waals surface area contributed by atoms with E-state index < -0.39 is 5.91 Å². The van der Waals surface area contributed by atoms with Gasteiger partial charge in [-0.15, -0.1) is 0 Å². The Kier molecular flexibility index (Phi) is 6.26. The molecule has 0 fully saturated rings. The summed E-state index contributed by atoms with van der Waals surface area (Å²) in [6.45, 7) is 5.84. The first-order valence-corrected chi connectivity index (χ1v) is 10.1. The van der Waals surface area contributed by atoms with Gasteiger partial charge in [0.25, 0.3) is 5.91 Å². The summed E-state index contributed by atoms with van der Waals surface area (Å²) >= 11 is 9.56. The highest BCUT2D eigenvalue weighted by atomic mass is 79.9. The number of rotatable bonds is 4. The van der Waals surface area contributed by atoms with Gasteiger partial charge in [-0.25, -0.2) is 0 Å². The predicted octanol–water partition coefficient (Wildman–Crippen LogP) is 6.36. The molecule has 0 aliphatic carbocycles. The number of nitrogens with zero attached hydrogens (tertiary/aromatic N) is 2. The summed E-state index contributed by atoms with van der Waals surface area (Å²) in [5.74, 6) is -0.471. The van der Waals surface area contributed by atoms with E-state index in [2.05, 4.69) is 25.8 Å². The molecule has 1 aromatic heterocycles. The van der Waals surface area contributed by atoms with Gasteiger partial charge < -0.3 is 9.88 Å². The summed E-state index contributed by atoms with van der Waals surface area (Å²) < 4.78 is 3.09. The molecule has 3 aromatic rings. The van der Waals surface area contributed by atoms with Crippen LogP contribution in [-0.4, -0.2) is 10.5 Å². The molecule has 0 bridgehead atoms. The number of amides is 1. The van der Waals surface area contributed by atoms with Gasteiger partial charge in [0.05, 0.1) is 0 Å². The Hall–Kier alpha value is -2.81. The molecule has 6 heteroatoms. The summed E-state index contributed by atoms with van der Waals surface area (Å²) in [5.41, 5.74) is 5.29. The highest BCUT2D eigenvalue weighted by molar-refractivity contribution is 9.10. The van der Waals surface area contributed by atoms with Crippen molar-refractivity contribution in [3.8, 4) is 11.8 Å². The third-order valence-electron chi connectivity index (χ3n) is 4.65. The minimum absolute atomic E-state index is 0.0257. The van der Waals surface area contributed by atoms with E-state index in [9.17, 15) is 10.1 Å². The van der Waals surface area contributed by atoms with Crippen LogP contribution in [0.5, 0.6) is 0 Å². The topological polar surface area (TPSA) is 57.8 Å². The fourth-order valence-electron chi connectivity index (χ4n) is 3.09. The lowest BCUT2D eigenvalue weighted by Gasteiger charge is -2.10. The lowest BCUT2D eigenvalue weighted by Crippen LogP contribution is -2.13. The van der Waals surface area contributed by atoms with Crippen LogP contribution in [0.4, 0.5) is 5.69 Å². The Morgan fingerprint density at radius 3 is 2.45 bits per heavy atom. The summed E-state index contributed by atoms with van der Waals surface area (Å²) in [5, 5.41) is 12.8. The number of carbonyl (C=O) groups excluding carboxylic acids is 1. The number of aromatic nitrogens is 1. The van der Waals surface area contributed by atoms with Crippen molar-refractivity contribution >= 4 is 45.2 Å². The van der Waals surface area contributed by atoms with Crippen molar-refractivity contribution in [1.82, 2.24) is 4.57 Å². The van der Waals surface area contributed by atoms with E-state index in [-0.39, 0.29) is 5.57 Å². The number of nitriles is 1. The van der Waals surface area contributed by atoms with E-state index in [1.165, 1.54) is 0 Å². The second-order valence-corrected chi connectivity index (χ2v) is 8.05. The molecule has 0 aliphatic rings. The van der Waals surface area contributed by atoms with E-state index in [1.807, 2.05) is 63.2 Å². The van der Waals surface area contributed by atoms with Gasteiger partial charge in [0.15, 0.2) is 0 Å². The van der Waals surface area contributed by atoms with Crippen LogP contribution >= 0.6 is 27.5 Å². The highest BCUT2D eigenvalue weighted by Crippen LogP contribution is 2.25. The molecular formula is C23H19BrClN3O. The second kappa shape index (κ2) is 8.69. The molecule has 0 radical (unpaired) electrons. The molecule has 0 saturated carbocycles. The number of hydrogen-bond donors (Lipinski definition) is 1. The highest BCUT2D eigenvalue weighted by Gasteiger charge is 2.14. The van der Waals surface area contributed by atoms with Gasteiger partial charge in [-0.05, 0) is 80.4 Å². The average Bonchev–Trinajstić information content (AvgIpc) is 2.96. The number of hydrogen-bond acceptors (Lipinski definition) is 2. The van der Waals surface area contributed by atoms with Crippen LogP contribution in [-0.2, 0) is 4.79 Å². The Morgan fingerprint density at radius 2 is 1.83 bits per heavy atom. The second-order valence-electron chi connectivity index (χ2n) is 6.73. The molecule has 4 nitrogen and oxygen atoms in total. The largest absolute Gasteiger partial charge is 0.321 e. The van der Waals surface area contributed by atoms with E-state index in [0.29, 0.717) is 10.7 Å². The zero-order chi connectivity index (χ0) is 21.1. The first-order chi connectivity index (χ1) is 13.8. The van der Waals surface area contributed by atoms with Crippen LogP contribution in [0.15, 0.2) is 58.6 Å². The first-order valence-electron chi connectivity index (χ1n) is 8.94. The van der Waals surface area contributed by atoms with Crippen LogP contribution in [0.25, 0.3) is 11.8 Å². The number of anilines is 1. The lowest BCUT2D eigenvalue weighted by molar-refractivity contribution is -0.112. The third-order valence-corrected chi connectivity index (χ3v) is 5.59. The monoisotopic (exact) mass is 467 g/mol. The maximum absolute atomic E-state index is 12.6. The maximum atomic E-state index is 12.6. The van der Waals surface area contributed by atoms with E-state index in [1.54, 1.807) is 18.2 Å². The molecule has 0 atom stereocenters. The molecule has 2 aromatic carbocycles. The quantitative estimate of drug-likeness (QED) is 0.357. The Labute approximate surface area is 183 Å². The van der Waals surface area contributed by atoms with Gasteiger partial charge in [-0.1, -0.05) is 33.6 Å². The third kappa shape index (κ3) is 4.61. The van der Waals surface area contributed by atoms with E-state index in [4.69, 9.17) is 11.6 Å². The molecule has 0 saturated heterocycles. The van der Waals surface area contributed by atoms with Crippen LogP contribution in [0.1, 0.15) is 22.5 Å². The van der Waals surface area contributed by atoms with Crippen LogP contribution < -0.4 is 5.32 Å². The predicted molar refractivity (Wildman–Crippen MR) is 121 cm³/mol. The molecule has 3 rings (SSSR count). The van der Waals surface area contributed by atoms with Crippen molar-refractivity contribution in [1.29, 1.82) is 5.26 Å². The van der Waals surface area contributed by atoms with Gasteiger partial charge in [0.1, 0.15) is 11.6 Å². The standard InChI is InChI=1S/C23H19BrClN3O/c1-14-4-7-20(12-22(14)25)27-23(29)18(13-26)11-17-10-15(2)28(16(17)3)21-8-5-19(24)6-9-21/h4-12H,1-3H3,(H,27,29)/b18-11+. The molecular weight excluding hydrogens is 450 g/mol. The molecule has 1 heterocycles. The molecule has 0 aliphatic heterocycles. The van der Waals surface area contributed by atoms with Crippen LogP contribution in [0.3, 0.4) is 0 Å². The van der Waals surface area contributed by atoms with Gasteiger partial charge in [0, 0.05) is 32.3 Å². The van der Waals surface area contributed by atoms with Crippen molar-refractivity contribution in [3.05, 3.63) is 86.1 Å². The minimum atomic E-state index is -0.471. The minimum Gasteiger partial charge on any atom is -0.321 e. The van der Waals surface area contributed by atoms with Crippen molar-refractivity contribution < 1.29 is 4.79 Å². The van der Waals surface area contributed by atoms with Gasteiger partial charge in [-0.3, -0.25) is 4.79 Å². The number of benzene rings is 2. The van der Waals surface area contributed by atoms with E-state index in [0.717, 1.165) is 32.7 Å². The Morgan fingerprint density at radius 1 is 1.14 bits per heavy atom. The average molecular weight is 469 g/mol. The molecule has 1 amide bonds. The Bertz CT molecular complexity index is 1150. The molecule has 0 spiro atoms. The van der Waals surface area contributed by atoms with Gasteiger partial charge in [0.2, 0.25) is 0 Å². The normalized spacial score (nSPS) is 11.2.